The summed E-state index contributed by atoms with van der Waals surface area (Å²) < 4.78 is 18.6. The minimum absolute atomic E-state index is 0.231. The monoisotopic (exact) mass is 302 g/mol. The van der Waals surface area contributed by atoms with E-state index in [9.17, 15) is 14.0 Å². The zero-order chi connectivity index (χ0) is 16.1. The fraction of sp³-hybridized carbons (Fsp3) is 0.125. The van der Waals surface area contributed by atoms with Crippen LogP contribution in [0, 0.1) is 12.7 Å². The smallest absolute Gasteiger partial charge is 0.262 e. The Kier molecular flexibility index (Phi) is 4.73. The highest BCUT2D eigenvalue weighted by Gasteiger charge is 2.06. The maximum atomic E-state index is 13.4. The highest BCUT2D eigenvalue weighted by atomic mass is 19.1. The number of rotatable bonds is 5. The first-order chi connectivity index (χ1) is 10.5. The first kappa shape index (κ1) is 15.5. The quantitative estimate of drug-likeness (QED) is 0.888. The number of primary amides is 1. The highest BCUT2D eigenvalue weighted by molar-refractivity contribution is 5.93. The Hall–Kier alpha value is -2.89. The van der Waals surface area contributed by atoms with Gasteiger partial charge in [-0.05, 0) is 48.9 Å². The second-order valence-corrected chi connectivity index (χ2v) is 4.69. The van der Waals surface area contributed by atoms with Crippen LogP contribution >= 0.6 is 0 Å². The summed E-state index contributed by atoms with van der Waals surface area (Å²) in [6, 6.07) is 10.5. The lowest BCUT2D eigenvalue weighted by atomic mass is 10.2. The number of hydrogen-bond donors (Lipinski definition) is 2. The molecule has 2 amide bonds. The van der Waals surface area contributed by atoms with E-state index in [2.05, 4.69) is 5.32 Å². The molecule has 22 heavy (non-hydrogen) atoms. The third-order valence-corrected chi connectivity index (χ3v) is 2.96. The lowest BCUT2D eigenvalue weighted by Gasteiger charge is -2.08. The second-order valence-electron chi connectivity index (χ2n) is 4.69. The summed E-state index contributed by atoms with van der Waals surface area (Å²) >= 11 is 0. The summed E-state index contributed by atoms with van der Waals surface area (Å²) in [5.41, 5.74) is 6.34. The van der Waals surface area contributed by atoms with Gasteiger partial charge in [-0.1, -0.05) is 6.07 Å². The zero-order valence-corrected chi connectivity index (χ0v) is 11.9. The Bertz CT molecular complexity index is 699. The lowest BCUT2D eigenvalue weighted by Crippen LogP contribution is -2.20. The third-order valence-electron chi connectivity index (χ3n) is 2.96. The molecule has 2 aromatic carbocycles. The van der Waals surface area contributed by atoms with Crippen molar-refractivity contribution in [2.45, 2.75) is 6.92 Å². The number of nitrogens with one attached hydrogen (secondary N) is 1. The molecule has 3 N–H and O–H groups in total. The van der Waals surface area contributed by atoms with Gasteiger partial charge in [0.25, 0.3) is 5.91 Å². The van der Waals surface area contributed by atoms with E-state index >= 15 is 0 Å². The molecule has 2 aromatic rings. The molecule has 0 saturated carbocycles. The SMILES string of the molecule is Cc1ccc(NC(=O)COc2ccc(C(N)=O)cc2)cc1F. The average molecular weight is 302 g/mol. The Morgan fingerprint density at radius 1 is 1.18 bits per heavy atom. The summed E-state index contributed by atoms with van der Waals surface area (Å²) in [6.45, 7) is 1.41. The standard InChI is InChI=1S/C16H15FN2O3/c1-10-2-5-12(8-14(10)17)19-15(20)9-22-13-6-3-11(4-7-13)16(18)21/h2-8H,9H2,1H3,(H2,18,21)(H,19,20). The van der Waals surface area contributed by atoms with Gasteiger partial charge in [-0.2, -0.15) is 0 Å². The molecule has 0 bridgehead atoms. The first-order valence-electron chi connectivity index (χ1n) is 6.54. The largest absolute Gasteiger partial charge is 0.484 e. The van der Waals surface area contributed by atoms with E-state index in [-0.39, 0.29) is 12.4 Å². The number of hydrogen-bond acceptors (Lipinski definition) is 3. The van der Waals surface area contributed by atoms with Gasteiger partial charge < -0.3 is 15.8 Å². The third kappa shape index (κ3) is 4.05. The molecule has 2 rings (SSSR count). The minimum atomic E-state index is -0.536. The van der Waals surface area contributed by atoms with Gasteiger partial charge in [-0.25, -0.2) is 4.39 Å². The zero-order valence-electron chi connectivity index (χ0n) is 11.9. The molecule has 0 radical (unpaired) electrons. The van der Waals surface area contributed by atoms with Crippen LogP contribution in [0.3, 0.4) is 0 Å². The number of nitrogens with two attached hydrogens (primary N) is 1. The van der Waals surface area contributed by atoms with Crippen molar-refractivity contribution in [1.82, 2.24) is 0 Å². The van der Waals surface area contributed by atoms with Crippen molar-refractivity contribution in [1.29, 1.82) is 0 Å². The van der Waals surface area contributed by atoms with Crippen molar-refractivity contribution < 1.29 is 18.7 Å². The number of anilines is 1. The van der Waals surface area contributed by atoms with Gasteiger partial charge in [-0.15, -0.1) is 0 Å². The van der Waals surface area contributed by atoms with Crippen molar-refractivity contribution in [3.8, 4) is 5.75 Å². The predicted molar refractivity (Wildman–Crippen MR) is 80.2 cm³/mol. The molecule has 0 fully saturated rings. The Balaban J connectivity index is 1.89. The summed E-state index contributed by atoms with van der Waals surface area (Å²) in [6.07, 6.45) is 0. The Morgan fingerprint density at radius 2 is 1.86 bits per heavy atom. The van der Waals surface area contributed by atoms with E-state index in [1.807, 2.05) is 0 Å². The maximum absolute atomic E-state index is 13.4. The molecule has 0 aliphatic carbocycles. The van der Waals surface area contributed by atoms with E-state index < -0.39 is 11.8 Å². The van der Waals surface area contributed by atoms with Gasteiger partial charge in [0.15, 0.2) is 6.61 Å². The number of aryl methyl sites for hydroxylation is 1. The van der Waals surface area contributed by atoms with Crippen molar-refractivity contribution >= 4 is 17.5 Å². The van der Waals surface area contributed by atoms with E-state index in [0.717, 1.165) is 0 Å². The van der Waals surface area contributed by atoms with Crippen molar-refractivity contribution in [2.24, 2.45) is 5.73 Å². The van der Waals surface area contributed by atoms with E-state index in [0.29, 0.717) is 22.6 Å². The van der Waals surface area contributed by atoms with E-state index in [4.69, 9.17) is 10.5 Å². The van der Waals surface area contributed by atoms with Gasteiger partial charge in [-0.3, -0.25) is 9.59 Å². The molecule has 0 unspecified atom stereocenters. The van der Waals surface area contributed by atoms with Crippen molar-refractivity contribution in [3.05, 3.63) is 59.4 Å². The molecule has 5 nitrogen and oxygen atoms in total. The Morgan fingerprint density at radius 3 is 2.45 bits per heavy atom. The number of carbonyl (C=O) groups is 2. The molecular weight excluding hydrogens is 287 g/mol. The van der Waals surface area contributed by atoms with Crippen LogP contribution in [0.25, 0.3) is 0 Å². The fourth-order valence-corrected chi connectivity index (χ4v) is 1.73. The summed E-state index contributed by atoms with van der Waals surface area (Å²) in [5, 5.41) is 2.53. The summed E-state index contributed by atoms with van der Waals surface area (Å²) in [5.74, 6) is -0.913. The van der Waals surface area contributed by atoms with Crippen LogP contribution in [0.2, 0.25) is 0 Å². The topological polar surface area (TPSA) is 81.4 Å². The number of halogens is 1. The normalized spacial score (nSPS) is 10.1. The number of ether oxygens (including phenoxy) is 1. The van der Waals surface area contributed by atoms with Crippen LogP contribution in [0.15, 0.2) is 42.5 Å². The number of amides is 2. The molecule has 0 atom stereocenters. The maximum Gasteiger partial charge on any atom is 0.262 e. The second kappa shape index (κ2) is 6.71. The molecule has 0 spiro atoms. The van der Waals surface area contributed by atoms with Gasteiger partial charge in [0.05, 0.1) is 0 Å². The Labute approximate surface area is 126 Å². The van der Waals surface area contributed by atoms with Gasteiger partial charge in [0.2, 0.25) is 5.91 Å². The molecule has 6 heteroatoms. The van der Waals surface area contributed by atoms with Gasteiger partial charge >= 0.3 is 0 Å². The lowest BCUT2D eigenvalue weighted by molar-refractivity contribution is -0.118. The van der Waals surface area contributed by atoms with E-state index in [1.165, 1.54) is 18.2 Å². The summed E-state index contributed by atoms with van der Waals surface area (Å²) in [4.78, 5) is 22.6. The average Bonchev–Trinajstić information content (AvgIpc) is 2.49. The van der Waals surface area contributed by atoms with Crippen LogP contribution in [-0.4, -0.2) is 18.4 Å². The molecule has 0 saturated heterocycles. The van der Waals surface area contributed by atoms with Crippen LogP contribution in [0.4, 0.5) is 10.1 Å². The summed E-state index contributed by atoms with van der Waals surface area (Å²) in [7, 11) is 0. The van der Waals surface area contributed by atoms with Crippen LogP contribution in [0.5, 0.6) is 5.75 Å². The van der Waals surface area contributed by atoms with E-state index in [1.54, 1.807) is 31.2 Å². The van der Waals surface area contributed by atoms with Crippen LogP contribution < -0.4 is 15.8 Å². The molecule has 0 aromatic heterocycles. The number of carbonyl (C=O) groups excluding carboxylic acids is 2. The van der Waals surface area contributed by atoms with Crippen molar-refractivity contribution in [3.63, 3.8) is 0 Å². The molecule has 0 heterocycles. The molecule has 0 aliphatic rings. The van der Waals surface area contributed by atoms with Gasteiger partial charge in [0, 0.05) is 11.3 Å². The molecular formula is C16H15FN2O3. The van der Waals surface area contributed by atoms with Crippen LogP contribution in [0.1, 0.15) is 15.9 Å². The van der Waals surface area contributed by atoms with Crippen LogP contribution in [-0.2, 0) is 4.79 Å². The number of benzene rings is 2. The van der Waals surface area contributed by atoms with Crippen molar-refractivity contribution in [2.75, 3.05) is 11.9 Å². The highest BCUT2D eigenvalue weighted by Crippen LogP contribution is 2.14. The van der Waals surface area contributed by atoms with Gasteiger partial charge in [0.1, 0.15) is 11.6 Å². The predicted octanol–water partition coefficient (Wildman–Crippen LogP) is 2.25. The fourth-order valence-electron chi connectivity index (χ4n) is 1.73. The first-order valence-corrected chi connectivity index (χ1v) is 6.54. The molecule has 0 aliphatic heterocycles. The molecule has 114 valence electrons. The minimum Gasteiger partial charge on any atom is -0.484 e.